The second kappa shape index (κ2) is 8.20. The van der Waals surface area contributed by atoms with Crippen LogP contribution in [0, 0.1) is 20.8 Å². The Morgan fingerprint density at radius 1 is 1.23 bits per heavy atom. The first-order chi connectivity index (χ1) is 14.4. The molecule has 156 valence electrons. The van der Waals surface area contributed by atoms with Crippen LogP contribution in [0.25, 0.3) is 0 Å². The summed E-state index contributed by atoms with van der Waals surface area (Å²) in [6.45, 7) is 5.88. The van der Waals surface area contributed by atoms with Crippen molar-refractivity contribution in [2.75, 3.05) is 17.9 Å². The molecule has 0 radical (unpaired) electrons. The van der Waals surface area contributed by atoms with Crippen LogP contribution in [0.15, 0.2) is 41.6 Å². The Labute approximate surface area is 184 Å². The van der Waals surface area contributed by atoms with Gasteiger partial charge in [0.05, 0.1) is 18.2 Å². The fourth-order valence-electron chi connectivity index (χ4n) is 3.38. The van der Waals surface area contributed by atoms with E-state index in [1.807, 2.05) is 51.1 Å². The van der Waals surface area contributed by atoms with E-state index in [9.17, 15) is 4.79 Å². The number of hydrogen-bond donors (Lipinski definition) is 2. The minimum Gasteiger partial charge on any atom is -0.495 e. The van der Waals surface area contributed by atoms with Crippen molar-refractivity contribution in [3.05, 3.63) is 63.9 Å². The van der Waals surface area contributed by atoms with Gasteiger partial charge >= 0.3 is 0 Å². The first-order valence-electron chi connectivity index (χ1n) is 9.44. The summed E-state index contributed by atoms with van der Waals surface area (Å²) in [7, 11) is 1.57. The molecule has 1 aromatic heterocycles. The van der Waals surface area contributed by atoms with Crippen LogP contribution < -0.4 is 15.5 Å². The molecule has 4 rings (SSSR count). The van der Waals surface area contributed by atoms with Crippen molar-refractivity contribution in [2.45, 2.75) is 37.2 Å². The van der Waals surface area contributed by atoms with Crippen LogP contribution in [0.5, 0.6) is 5.75 Å². The molecule has 0 saturated carbocycles. The number of rotatable bonds is 4. The highest BCUT2D eigenvalue weighted by Gasteiger charge is 2.37. The van der Waals surface area contributed by atoms with Crippen LogP contribution in [0.4, 0.5) is 5.69 Å². The largest absolute Gasteiger partial charge is 0.495 e. The standard InChI is InChI=1S/C21H22ClN5O2S/c1-11-6-5-7-16(12(11)2)23-20(28)19-18(14-8-9-17(29-4)15(22)10-14)26-27-13(3)24-25-21(27)30-19/h5-10,18-19,26H,1-4H3,(H,23,28). The molecule has 3 aromatic rings. The maximum Gasteiger partial charge on any atom is 0.240 e. The van der Waals surface area contributed by atoms with Gasteiger partial charge in [-0.25, -0.2) is 4.68 Å². The Kier molecular flexibility index (Phi) is 5.62. The van der Waals surface area contributed by atoms with E-state index in [0.29, 0.717) is 15.9 Å². The molecule has 1 aliphatic rings. The number of benzene rings is 2. The van der Waals surface area contributed by atoms with E-state index < -0.39 is 5.25 Å². The summed E-state index contributed by atoms with van der Waals surface area (Å²) in [4.78, 5) is 13.4. The highest BCUT2D eigenvalue weighted by Crippen LogP contribution is 2.39. The Morgan fingerprint density at radius 2 is 2.03 bits per heavy atom. The van der Waals surface area contributed by atoms with Crippen molar-refractivity contribution in [2.24, 2.45) is 0 Å². The van der Waals surface area contributed by atoms with Gasteiger partial charge in [-0.3, -0.25) is 4.79 Å². The fraction of sp³-hybridized carbons (Fsp3) is 0.286. The number of amides is 1. The van der Waals surface area contributed by atoms with E-state index in [1.165, 1.54) is 11.8 Å². The number of fused-ring (bicyclic) bond motifs is 1. The molecule has 2 heterocycles. The summed E-state index contributed by atoms with van der Waals surface area (Å²) in [6, 6.07) is 11.1. The maximum absolute atomic E-state index is 13.4. The van der Waals surface area contributed by atoms with Gasteiger partial charge in [-0.15, -0.1) is 10.2 Å². The number of hydrogen-bond acceptors (Lipinski definition) is 6. The maximum atomic E-state index is 13.4. The third-order valence-electron chi connectivity index (χ3n) is 5.25. The van der Waals surface area contributed by atoms with Crippen LogP contribution >= 0.6 is 23.4 Å². The number of nitrogens with zero attached hydrogens (tertiary/aromatic N) is 3. The third-order valence-corrected chi connectivity index (χ3v) is 6.76. The molecule has 0 saturated heterocycles. The lowest BCUT2D eigenvalue weighted by atomic mass is 10.0. The molecule has 1 aliphatic heterocycles. The molecule has 0 fully saturated rings. The van der Waals surface area contributed by atoms with Gasteiger partial charge in [-0.05, 0) is 55.7 Å². The SMILES string of the molecule is COc1ccc(C2Nn3c(C)nnc3SC2C(=O)Nc2cccc(C)c2C)cc1Cl. The molecule has 2 N–H and O–H groups in total. The van der Waals surface area contributed by atoms with Gasteiger partial charge in [0, 0.05) is 5.69 Å². The van der Waals surface area contributed by atoms with Crippen molar-refractivity contribution in [3.8, 4) is 5.75 Å². The van der Waals surface area contributed by atoms with E-state index in [-0.39, 0.29) is 11.9 Å². The predicted molar refractivity (Wildman–Crippen MR) is 119 cm³/mol. The smallest absolute Gasteiger partial charge is 0.240 e. The van der Waals surface area contributed by atoms with Gasteiger partial charge in [0.2, 0.25) is 11.1 Å². The minimum absolute atomic E-state index is 0.120. The van der Waals surface area contributed by atoms with E-state index in [2.05, 4.69) is 20.9 Å². The predicted octanol–water partition coefficient (Wildman–Crippen LogP) is 4.26. The second-order valence-corrected chi connectivity index (χ2v) is 8.66. The van der Waals surface area contributed by atoms with Crippen LogP contribution in [0.1, 0.15) is 28.6 Å². The third kappa shape index (κ3) is 3.73. The summed E-state index contributed by atoms with van der Waals surface area (Å²) < 4.78 is 7.07. The summed E-state index contributed by atoms with van der Waals surface area (Å²) in [5.74, 6) is 1.18. The van der Waals surface area contributed by atoms with Crippen molar-refractivity contribution < 1.29 is 9.53 Å². The molecule has 2 unspecified atom stereocenters. The first kappa shape index (κ1) is 20.6. The van der Waals surface area contributed by atoms with Crippen LogP contribution in [-0.2, 0) is 4.79 Å². The lowest BCUT2D eigenvalue weighted by Crippen LogP contribution is -2.41. The molecule has 0 bridgehead atoms. The number of carbonyl (C=O) groups excluding carboxylic acids is 1. The zero-order valence-electron chi connectivity index (χ0n) is 17.1. The first-order valence-corrected chi connectivity index (χ1v) is 10.7. The zero-order chi connectivity index (χ0) is 21.4. The topological polar surface area (TPSA) is 81.1 Å². The number of methoxy groups -OCH3 is 1. The molecule has 2 atom stereocenters. The van der Waals surface area contributed by atoms with Gasteiger partial charge in [-0.2, -0.15) is 0 Å². The van der Waals surface area contributed by atoms with Crippen molar-refractivity contribution in [3.63, 3.8) is 0 Å². The molecule has 2 aromatic carbocycles. The van der Waals surface area contributed by atoms with Gasteiger partial charge in [0.15, 0.2) is 0 Å². The second-order valence-electron chi connectivity index (χ2n) is 7.14. The fourth-order valence-corrected chi connectivity index (χ4v) is 4.77. The molecule has 9 heteroatoms. The Hall–Kier alpha value is -2.71. The summed E-state index contributed by atoms with van der Waals surface area (Å²) >= 11 is 7.74. The van der Waals surface area contributed by atoms with Crippen molar-refractivity contribution in [1.29, 1.82) is 0 Å². The summed E-state index contributed by atoms with van der Waals surface area (Å²) in [6.07, 6.45) is 0. The molecular weight excluding hydrogens is 422 g/mol. The zero-order valence-corrected chi connectivity index (χ0v) is 18.6. The molecule has 7 nitrogen and oxygen atoms in total. The number of anilines is 1. The number of carbonyl (C=O) groups is 1. The van der Waals surface area contributed by atoms with Gasteiger partial charge in [0.25, 0.3) is 0 Å². The van der Waals surface area contributed by atoms with Gasteiger partial charge < -0.3 is 15.5 Å². The molecule has 1 amide bonds. The Bertz CT molecular complexity index is 1120. The van der Waals surface area contributed by atoms with Gasteiger partial charge in [0.1, 0.15) is 16.8 Å². The highest BCUT2D eigenvalue weighted by molar-refractivity contribution is 8.00. The van der Waals surface area contributed by atoms with E-state index in [1.54, 1.807) is 17.9 Å². The molecular formula is C21H22ClN5O2S. The average Bonchev–Trinajstić information content (AvgIpc) is 3.10. The number of nitrogens with one attached hydrogen (secondary N) is 2. The normalized spacial score (nSPS) is 17.8. The number of aromatic nitrogens is 3. The Balaban J connectivity index is 1.70. The van der Waals surface area contributed by atoms with Crippen molar-refractivity contribution in [1.82, 2.24) is 14.9 Å². The summed E-state index contributed by atoms with van der Waals surface area (Å²) in [5, 5.41) is 12.0. The molecule has 0 aliphatic carbocycles. The number of ether oxygens (including phenoxy) is 1. The van der Waals surface area contributed by atoms with Gasteiger partial charge in [-0.1, -0.05) is 41.6 Å². The van der Waals surface area contributed by atoms with Crippen LogP contribution in [0.3, 0.4) is 0 Å². The average molecular weight is 444 g/mol. The number of halogens is 1. The van der Waals surface area contributed by atoms with Crippen molar-refractivity contribution >= 4 is 35.0 Å². The van der Waals surface area contributed by atoms with Crippen LogP contribution in [-0.4, -0.2) is 33.1 Å². The Morgan fingerprint density at radius 3 is 2.77 bits per heavy atom. The molecule has 30 heavy (non-hydrogen) atoms. The van der Waals surface area contributed by atoms with E-state index in [4.69, 9.17) is 16.3 Å². The quantitative estimate of drug-likeness (QED) is 0.627. The van der Waals surface area contributed by atoms with E-state index >= 15 is 0 Å². The number of thioether (sulfide) groups is 1. The van der Waals surface area contributed by atoms with E-state index in [0.717, 1.165) is 28.2 Å². The summed E-state index contributed by atoms with van der Waals surface area (Å²) in [5.41, 5.74) is 7.21. The molecule has 0 spiro atoms. The van der Waals surface area contributed by atoms with Crippen LogP contribution in [0.2, 0.25) is 5.02 Å². The lowest BCUT2D eigenvalue weighted by Gasteiger charge is -2.33. The lowest BCUT2D eigenvalue weighted by molar-refractivity contribution is -0.116. The number of aryl methyl sites for hydroxylation is 2. The highest BCUT2D eigenvalue weighted by atomic mass is 35.5. The monoisotopic (exact) mass is 443 g/mol. The minimum atomic E-state index is -0.481.